The van der Waals surface area contributed by atoms with Crippen LogP contribution in [0.1, 0.15) is 31.7 Å². The van der Waals surface area contributed by atoms with Gasteiger partial charge in [0.15, 0.2) is 0 Å². The molecule has 0 aliphatic carbocycles. The van der Waals surface area contributed by atoms with Gasteiger partial charge in [0.1, 0.15) is 6.04 Å². The molecule has 0 heterocycles. The first-order valence-corrected chi connectivity index (χ1v) is 12.8. The van der Waals surface area contributed by atoms with Crippen LogP contribution >= 0.6 is 23.2 Å². The van der Waals surface area contributed by atoms with Crippen molar-refractivity contribution in [1.29, 1.82) is 0 Å². The third kappa shape index (κ3) is 7.17. The van der Waals surface area contributed by atoms with Gasteiger partial charge in [-0.25, -0.2) is 12.7 Å². The van der Waals surface area contributed by atoms with Crippen molar-refractivity contribution in [2.24, 2.45) is 0 Å². The van der Waals surface area contributed by atoms with Gasteiger partial charge < -0.3 is 10.2 Å². The molecular formula is C23H29Cl2N3O4S. The summed E-state index contributed by atoms with van der Waals surface area (Å²) in [7, 11) is -0.626. The van der Waals surface area contributed by atoms with Gasteiger partial charge in [0.25, 0.3) is 0 Å². The number of carbonyl (C=O) groups excluding carboxylic acids is 2. The van der Waals surface area contributed by atoms with Crippen molar-refractivity contribution in [3.05, 3.63) is 64.1 Å². The molecule has 0 aliphatic rings. The number of benzene rings is 2. The second-order valence-electron chi connectivity index (χ2n) is 7.55. The van der Waals surface area contributed by atoms with Crippen LogP contribution in [0, 0.1) is 0 Å². The van der Waals surface area contributed by atoms with Crippen molar-refractivity contribution in [1.82, 2.24) is 14.5 Å². The van der Waals surface area contributed by atoms with Gasteiger partial charge in [0.2, 0.25) is 21.8 Å². The highest BCUT2D eigenvalue weighted by atomic mass is 35.5. The second kappa shape index (κ2) is 12.4. The zero-order valence-corrected chi connectivity index (χ0v) is 21.3. The maximum absolute atomic E-state index is 13.1. The first-order chi connectivity index (χ1) is 15.6. The topological polar surface area (TPSA) is 86.8 Å². The Morgan fingerprint density at radius 1 is 1.06 bits per heavy atom. The standard InChI is InChI=1S/C23H29Cl2N3O4S/c1-4-21(23(30)26-2)28(16-17-12-13-19(24)20(25)15-17)22(29)11-8-14-27(3)33(31,32)18-9-6-5-7-10-18/h5-7,9-10,12-13,15,21H,4,8,11,14,16H2,1-3H3,(H,26,30)/t21-/m0/s1. The van der Waals surface area contributed by atoms with Crippen molar-refractivity contribution in [2.75, 3.05) is 20.6 Å². The molecule has 2 aromatic carbocycles. The van der Waals surface area contributed by atoms with Crippen LogP contribution in [0.2, 0.25) is 10.0 Å². The molecule has 2 amide bonds. The lowest BCUT2D eigenvalue weighted by atomic mass is 10.1. The van der Waals surface area contributed by atoms with E-state index >= 15 is 0 Å². The average Bonchev–Trinajstić information content (AvgIpc) is 2.81. The van der Waals surface area contributed by atoms with Crippen molar-refractivity contribution in [2.45, 2.75) is 43.7 Å². The van der Waals surface area contributed by atoms with Crippen LogP contribution in [0.3, 0.4) is 0 Å². The molecule has 33 heavy (non-hydrogen) atoms. The molecule has 2 aromatic rings. The van der Waals surface area contributed by atoms with Crippen LogP contribution in [0.5, 0.6) is 0 Å². The summed E-state index contributed by atoms with van der Waals surface area (Å²) in [6, 6.07) is 12.5. The normalized spacial score (nSPS) is 12.4. The average molecular weight is 514 g/mol. The highest BCUT2D eigenvalue weighted by Gasteiger charge is 2.28. The van der Waals surface area contributed by atoms with Crippen molar-refractivity contribution in [3.63, 3.8) is 0 Å². The number of carbonyl (C=O) groups is 2. The maximum Gasteiger partial charge on any atom is 0.242 e. The van der Waals surface area contributed by atoms with Gasteiger partial charge in [-0.3, -0.25) is 9.59 Å². The van der Waals surface area contributed by atoms with E-state index in [1.165, 1.54) is 35.4 Å². The lowest BCUT2D eigenvalue weighted by molar-refractivity contribution is -0.141. The van der Waals surface area contributed by atoms with Crippen LogP contribution in [0.15, 0.2) is 53.4 Å². The third-order valence-corrected chi connectivity index (χ3v) is 7.89. The highest BCUT2D eigenvalue weighted by Crippen LogP contribution is 2.24. The minimum absolute atomic E-state index is 0.0868. The highest BCUT2D eigenvalue weighted by molar-refractivity contribution is 7.89. The molecule has 1 N–H and O–H groups in total. The summed E-state index contributed by atoms with van der Waals surface area (Å²) in [5, 5.41) is 3.37. The molecule has 180 valence electrons. The number of sulfonamides is 1. The molecule has 0 saturated carbocycles. The first kappa shape index (κ1) is 27.1. The molecule has 0 aromatic heterocycles. The van der Waals surface area contributed by atoms with E-state index in [0.717, 1.165) is 5.56 Å². The predicted molar refractivity (Wildman–Crippen MR) is 131 cm³/mol. The summed E-state index contributed by atoms with van der Waals surface area (Å²) in [5.74, 6) is -0.517. The summed E-state index contributed by atoms with van der Waals surface area (Å²) >= 11 is 12.1. The van der Waals surface area contributed by atoms with Crippen molar-refractivity contribution >= 4 is 45.0 Å². The van der Waals surface area contributed by atoms with E-state index in [0.29, 0.717) is 22.9 Å². The number of nitrogens with one attached hydrogen (secondary N) is 1. The van der Waals surface area contributed by atoms with E-state index in [9.17, 15) is 18.0 Å². The molecule has 0 bridgehead atoms. The van der Waals surface area contributed by atoms with Crippen LogP contribution in [0.25, 0.3) is 0 Å². The summed E-state index contributed by atoms with van der Waals surface area (Å²) in [5.41, 5.74) is 0.740. The van der Waals surface area contributed by atoms with Crippen LogP contribution < -0.4 is 5.32 Å². The van der Waals surface area contributed by atoms with Gasteiger partial charge in [0.05, 0.1) is 14.9 Å². The zero-order valence-electron chi connectivity index (χ0n) is 18.9. The Morgan fingerprint density at radius 3 is 2.30 bits per heavy atom. The number of rotatable bonds is 11. The molecule has 0 aliphatic heterocycles. The van der Waals surface area contributed by atoms with Crippen LogP contribution in [-0.2, 0) is 26.2 Å². The van der Waals surface area contributed by atoms with E-state index in [1.807, 2.05) is 6.92 Å². The Morgan fingerprint density at radius 2 is 1.73 bits per heavy atom. The van der Waals surface area contributed by atoms with E-state index in [-0.39, 0.29) is 36.2 Å². The summed E-state index contributed by atoms with van der Waals surface area (Å²) in [6.07, 6.45) is 0.821. The Hall–Kier alpha value is -2.13. The molecule has 2 rings (SSSR count). The monoisotopic (exact) mass is 513 g/mol. The van der Waals surface area contributed by atoms with Gasteiger partial charge >= 0.3 is 0 Å². The molecular weight excluding hydrogens is 485 g/mol. The molecule has 0 spiro atoms. The number of nitrogens with zero attached hydrogens (tertiary/aromatic N) is 2. The molecule has 1 atom stereocenters. The smallest absolute Gasteiger partial charge is 0.242 e. The number of halogens is 2. The largest absolute Gasteiger partial charge is 0.357 e. The first-order valence-electron chi connectivity index (χ1n) is 10.6. The molecule has 0 fully saturated rings. The molecule has 0 unspecified atom stereocenters. The van der Waals surface area contributed by atoms with Crippen LogP contribution in [0.4, 0.5) is 0 Å². The second-order valence-corrected chi connectivity index (χ2v) is 10.4. The maximum atomic E-state index is 13.1. The van der Waals surface area contributed by atoms with E-state index < -0.39 is 16.1 Å². The molecule has 7 nitrogen and oxygen atoms in total. The van der Waals surface area contributed by atoms with Gasteiger partial charge in [-0.1, -0.05) is 54.4 Å². The minimum Gasteiger partial charge on any atom is -0.357 e. The van der Waals surface area contributed by atoms with Crippen molar-refractivity contribution < 1.29 is 18.0 Å². The van der Waals surface area contributed by atoms with Crippen LogP contribution in [-0.4, -0.2) is 56.1 Å². The van der Waals surface area contributed by atoms with E-state index in [1.54, 1.807) is 36.4 Å². The quantitative estimate of drug-likeness (QED) is 0.492. The predicted octanol–water partition coefficient (Wildman–Crippen LogP) is 3.95. The molecule has 0 saturated heterocycles. The Balaban J connectivity index is 2.12. The van der Waals surface area contributed by atoms with Gasteiger partial charge in [-0.15, -0.1) is 0 Å². The Kier molecular flexibility index (Phi) is 10.2. The van der Waals surface area contributed by atoms with E-state index in [2.05, 4.69) is 5.32 Å². The van der Waals surface area contributed by atoms with E-state index in [4.69, 9.17) is 23.2 Å². The number of hydrogen-bond acceptors (Lipinski definition) is 4. The van der Waals surface area contributed by atoms with Gasteiger partial charge in [0, 0.05) is 33.6 Å². The Labute approximate surface area is 205 Å². The molecule has 0 radical (unpaired) electrons. The zero-order chi connectivity index (χ0) is 24.6. The summed E-state index contributed by atoms with van der Waals surface area (Å²) in [6.45, 7) is 2.18. The lowest BCUT2D eigenvalue weighted by Gasteiger charge is -2.30. The van der Waals surface area contributed by atoms with Gasteiger partial charge in [-0.2, -0.15) is 0 Å². The fraction of sp³-hybridized carbons (Fsp3) is 0.391. The summed E-state index contributed by atoms with van der Waals surface area (Å²) < 4.78 is 26.6. The number of hydrogen-bond donors (Lipinski definition) is 1. The van der Waals surface area contributed by atoms with Crippen molar-refractivity contribution in [3.8, 4) is 0 Å². The fourth-order valence-electron chi connectivity index (χ4n) is 3.41. The summed E-state index contributed by atoms with van der Waals surface area (Å²) in [4.78, 5) is 27.3. The molecule has 10 heteroatoms. The third-order valence-electron chi connectivity index (χ3n) is 5.28. The SMILES string of the molecule is CC[C@@H](C(=O)NC)N(Cc1ccc(Cl)c(Cl)c1)C(=O)CCCN(C)S(=O)(=O)c1ccccc1. The lowest BCUT2D eigenvalue weighted by Crippen LogP contribution is -2.48. The number of likely N-dealkylation sites (N-methyl/N-ethyl adjacent to an activating group) is 1. The minimum atomic E-state index is -3.64. The fourth-order valence-corrected chi connectivity index (χ4v) is 4.96. The van der Waals surface area contributed by atoms with Gasteiger partial charge in [-0.05, 0) is 42.7 Å². The number of amides is 2. The Bertz CT molecular complexity index is 1060.